The van der Waals surface area contributed by atoms with E-state index >= 15 is 0 Å². The van der Waals surface area contributed by atoms with Crippen LogP contribution < -0.4 is 10.1 Å². The number of halogens is 3. The highest BCUT2D eigenvalue weighted by molar-refractivity contribution is 7.88. The van der Waals surface area contributed by atoms with Gasteiger partial charge in [0.05, 0.1) is 18.9 Å². The maximum atomic E-state index is 13.5. The number of alkyl halides is 3. The number of rotatable bonds is 11. The maximum absolute atomic E-state index is 13.5. The summed E-state index contributed by atoms with van der Waals surface area (Å²) in [5.41, 5.74) is 0.379. The van der Waals surface area contributed by atoms with Crippen LogP contribution >= 0.6 is 0 Å². The molecular weight excluding hydrogens is 573 g/mol. The Labute approximate surface area is 244 Å². The minimum Gasteiger partial charge on any atom is -0.497 e. The van der Waals surface area contributed by atoms with E-state index in [2.05, 4.69) is 22.3 Å². The molecule has 1 aliphatic heterocycles. The van der Waals surface area contributed by atoms with E-state index in [1.807, 2.05) is 19.2 Å². The number of amides is 2. The van der Waals surface area contributed by atoms with Gasteiger partial charge in [-0.25, -0.2) is 8.42 Å². The zero-order valence-corrected chi connectivity index (χ0v) is 24.7. The number of carbonyl (C=O) groups is 2. The fourth-order valence-corrected chi connectivity index (χ4v) is 6.19. The topological polar surface area (TPSA) is 99.3 Å². The first-order valence-electron chi connectivity index (χ1n) is 13.8. The fourth-order valence-electron chi connectivity index (χ4n) is 5.36. The Balaban J connectivity index is 1.38. The summed E-state index contributed by atoms with van der Waals surface area (Å²) in [5.74, 6) is 0.223. The van der Waals surface area contributed by atoms with Crippen molar-refractivity contribution < 1.29 is 35.9 Å². The predicted octanol–water partition coefficient (Wildman–Crippen LogP) is 3.18. The summed E-state index contributed by atoms with van der Waals surface area (Å²) in [6, 6.07) is 11.3. The third-order valence-electron chi connectivity index (χ3n) is 7.97. The first-order chi connectivity index (χ1) is 19.8. The second-order valence-electron chi connectivity index (χ2n) is 10.9. The molecule has 0 aromatic heterocycles. The zero-order chi connectivity index (χ0) is 30.7. The number of nitrogens with zero attached hydrogens (tertiary/aromatic N) is 3. The van der Waals surface area contributed by atoms with E-state index in [0.29, 0.717) is 31.3 Å². The number of piperazine rings is 1. The Morgan fingerprint density at radius 1 is 1.05 bits per heavy atom. The average Bonchev–Trinajstić information content (AvgIpc) is 3.77. The van der Waals surface area contributed by atoms with Crippen molar-refractivity contribution >= 4 is 21.8 Å². The molecule has 9 nitrogen and oxygen atoms in total. The highest BCUT2D eigenvalue weighted by atomic mass is 32.2. The van der Waals surface area contributed by atoms with Crippen molar-refractivity contribution in [1.82, 2.24) is 19.4 Å². The van der Waals surface area contributed by atoms with Gasteiger partial charge in [0.25, 0.3) is 5.91 Å². The Morgan fingerprint density at radius 3 is 2.21 bits per heavy atom. The molecule has 0 spiro atoms. The molecule has 42 heavy (non-hydrogen) atoms. The van der Waals surface area contributed by atoms with Crippen LogP contribution in [0.5, 0.6) is 5.75 Å². The van der Waals surface area contributed by atoms with E-state index in [1.54, 1.807) is 7.11 Å². The van der Waals surface area contributed by atoms with Gasteiger partial charge in [0.15, 0.2) is 0 Å². The number of nitrogens with one attached hydrogen (secondary N) is 1. The zero-order valence-electron chi connectivity index (χ0n) is 23.9. The molecule has 1 N–H and O–H groups in total. The van der Waals surface area contributed by atoms with Crippen molar-refractivity contribution in [1.29, 1.82) is 0 Å². The lowest BCUT2D eigenvalue weighted by Gasteiger charge is -2.35. The van der Waals surface area contributed by atoms with Gasteiger partial charge in [0.2, 0.25) is 15.9 Å². The molecule has 1 heterocycles. The highest BCUT2D eigenvalue weighted by Gasteiger charge is 2.41. The van der Waals surface area contributed by atoms with Crippen molar-refractivity contribution in [2.45, 2.75) is 43.4 Å². The van der Waals surface area contributed by atoms with E-state index in [4.69, 9.17) is 4.74 Å². The second kappa shape index (κ2) is 13.0. The van der Waals surface area contributed by atoms with Gasteiger partial charge >= 0.3 is 6.18 Å². The normalized spacial score (nSPS) is 20.3. The van der Waals surface area contributed by atoms with E-state index in [-0.39, 0.29) is 37.6 Å². The molecule has 1 saturated heterocycles. The van der Waals surface area contributed by atoms with E-state index in [0.717, 1.165) is 42.7 Å². The molecule has 4 rings (SSSR count). The van der Waals surface area contributed by atoms with Crippen LogP contribution in [0.4, 0.5) is 13.2 Å². The minimum absolute atomic E-state index is 0.0140. The van der Waals surface area contributed by atoms with Gasteiger partial charge in [-0.05, 0) is 74.8 Å². The Bertz CT molecular complexity index is 1340. The molecule has 1 aliphatic carbocycles. The maximum Gasteiger partial charge on any atom is 0.416 e. The Hall–Kier alpha value is -3.16. The Kier molecular flexibility index (Phi) is 9.84. The molecule has 2 fully saturated rings. The molecule has 0 bridgehead atoms. The minimum atomic E-state index is -4.53. The molecule has 13 heteroatoms. The predicted molar refractivity (Wildman–Crippen MR) is 152 cm³/mol. The molecule has 230 valence electrons. The number of ether oxygens (including phenoxy) is 1. The van der Waals surface area contributed by atoms with E-state index < -0.39 is 33.7 Å². The highest BCUT2D eigenvalue weighted by Crippen LogP contribution is 2.44. The third-order valence-corrected chi connectivity index (χ3v) is 9.27. The fraction of sp³-hybridized carbons (Fsp3) is 0.517. The molecule has 3 atom stereocenters. The van der Waals surface area contributed by atoms with Gasteiger partial charge in [-0.2, -0.15) is 17.5 Å². The van der Waals surface area contributed by atoms with Gasteiger partial charge < -0.3 is 19.9 Å². The summed E-state index contributed by atoms with van der Waals surface area (Å²) in [7, 11) is 0.266. The number of carbonyl (C=O) groups excluding carboxylic acids is 2. The summed E-state index contributed by atoms with van der Waals surface area (Å²) in [5, 5.41) is 2.72. The summed E-state index contributed by atoms with van der Waals surface area (Å²) >= 11 is 0. The molecule has 2 aromatic carbocycles. The molecule has 0 radical (unpaired) electrons. The van der Waals surface area contributed by atoms with Gasteiger partial charge in [-0.15, -0.1) is 0 Å². The van der Waals surface area contributed by atoms with Crippen LogP contribution in [0.3, 0.4) is 0 Å². The molecule has 2 aliphatic rings. The molecule has 2 aromatic rings. The van der Waals surface area contributed by atoms with Crippen LogP contribution in [-0.2, 0) is 21.0 Å². The third kappa shape index (κ3) is 8.01. The van der Waals surface area contributed by atoms with E-state index in [1.165, 1.54) is 14.8 Å². The molecule has 1 saturated carbocycles. The lowest BCUT2D eigenvalue weighted by molar-refractivity contribution is -0.137. The monoisotopic (exact) mass is 610 g/mol. The van der Waals surface area contributed by atoms with Crippen LogP contribution in [0, 0.1) is 0 Å². The second-order valence-corrected chi connectivity index (χ2v) is 12.9. The quantitative estimate of drug-likeness (QED) is 0.420. The average molecular weight is 611 g/mol. The van der Waals surface area contributed by atoms with Crippen molar-refractivity contribution in [3.8, 4) is 5.75 Å². The number of hydrogen-bond acceptors (Lipinski definition) is 6. The summed E-state index contributed by atoms with van der Waals surface area (Å²) in [6.07, 6.45) is -1.48. The largest absolute Gasteiger partial charge is 0.497 e. The molecule has 2 amide bonds. The van der Waals surface area contributed by atoms with Crippen molar-refractivity contribution in [3.05, 3.63) is 65.2 Å². The van der Waals surface area contributed by atoms with Gasteiger partial charge in [0.1, 0.15) is 11.8 Å². The van der Waals surface area contributed by atoms with Crippen molar-refractivity contribution in [3.63, 3.8) is 0 Å². The smallest absolute Gasteiger partial charge is 0.416 e. The van der Waals surface area contributed by atoms with E-state index in [9.17, 15) is 31.2 Å². The van der Waals surface area contributed by atoms with Crippen LogP contribution in [0.15, 0.2) is 48.5 Å². The number of sulfonamides is 1. The van der Waals surface area contributed by atoms with Crippen molar-refractivity contribution in [2.75, 3.05) is 53.1 Å². The lowest BCUT2D eigenvalue weighted by Crippen LogP contribution is -2.55. The first-order valence-corrected chi connectivity index (χ1v) is 15.7. The Morgan fingerprint density at radius 2 is 1.67 bits per heavy atom. The van der Waals surface area contributed by atoms with Crippen LogP contribution in [-0.4, -0.2) is 99.6 Å². The van der Waals surface area contributed by atoms with Crippen molar-refractivity contribution in [2.24, 2.45) is 0 Å². The summed E-state index contributed by atoms with van der Waals surface area (Å²) in [6.45, 7) is 1.36. The lowest BCUT2D eigenvalue weighted by atomic mass is 10.1. The number of hydrogen-bond donors (Lipinski definition) is 1. The van der Waals surface area contributed by atoms with Gasteiger partial charge in [-0.3, -0.25) is 9.59 Å². The molecular formula is C29H37F3N4O5S. The first kappa shape index (κ1) is 31.8. The van der Waals surface area contributed by atoms with Crippen LogP contribution in [0.1, 0.15) is 46.7 Å². The summed E-state index contributed by atoms with van der Waals surface area (Å²) in [4.78, 5) is 30.2. The number of methoxy groups -OCH3 is 1. The summed E-state index contributed by atoms with van der Waals surface area (Å²) < 4.78 is 69.2. The number of likely N-dealkylation sites (N-methyl/N-ethyl adjacent to an activating group) is 1. The standard InChI is InChI=1S/C29H37F3N4O5S/c1-34(26-19-24(26)20-8-12-23(41-2)13-9-20)14-4-5-25(28(38)35-15-17-36(18-16-35)42(3,39)40)33-27(37)21-6-10-22(11-7-21)29(30,31)32/h6-13,24-26H,4-5,14-19H2,1-3H3,(H,33,37)/t24-,25-,26?/m0/s1. The van der Waals surface area contributed by atoms with Gasteiger partial charge in [0, 0.05) is 43.7 Å². The van der Waals surface area contributed by atoms with Crippen LogP contribution in [0.2, 0.25) is 0 Å². The number of benzene rings is 2. The van der Waals surface area contributed by atoms with Gasteiger partial charge in [-0.1, -0.05) is 12.1 Å². The SMILES string of the molecule is COc1ccc([C@@H]2CC2N(C)CCC[C@H](NC(=O)c2ccc(C(F)(F)F)cc2)C(=O)N2CCN(S(C)(=O)=O)CC2)cc1. The molecule has 1 unspecified atom stereocenters. The van der Waals surface area contributed by atoms with Crippen LogP contribution in [0.25, 0.3) is 0 Å².